The Balaban J connectivity index is 1.61. The first-order valence-electron chi connectivity index (χ1n) is 8.22. The van der Waals surface area contributed by atoms with E-state index in [0.717, 1.165) is 34.7 Å². The van der Waals surface area contributed by atoms with Crippen LogP contribution in [0.2, 0.25) is 0 Å². The van der Waals surface area contributed by atoms with E-state index in [9.17, 15) is 9.59 Å². The first kappa shape index (κ1) is 16.8. The summed E-state index contributed by atoms with van der Waals surface area (Å²) >= 11 is 1.60. The zero-order chi connectivity index (χ0) is 17.1. The van der Waals surface area contributed by atoms with Gasteiger partial charge in [-0.15, -0.1) is 11.3 Å². The van der Waals surface area contributed by atoms with Gasteiger partial charge in [0.2, 0.25) is 0 Å². The van der Waals surface area contributed by atoms with Crippen LogP contribution < -0.4 is 0 Å². The highest BCUT2D eigenvalue weighted by Crippen LogP contribution is 2.40. The SMILES string of the molecule is CC(=O)OCCc1csc(Cc2cccc(C(=O)C3CC3C)c2)n1. The number of rotatable bonds is 7. The van der Waals surface area contributed by atoms with Gasteiger partial charge in [-0.05, 0) is 24.0 Å². The van der Waals surface area contributed by atoms with Gasteiger partial charge in [-0.2, -0.15) is 0 Å². The fourth-order valence-corrected chi connectivity index (χ4v) is 3.62. The number of nitrogens with zero attached hydrogens (tertiary/aromatic N) is 1. The van der Waals surface area contributed by atoms with Crippen LogP contribution in [0.1, 0.15) is 46.9 Å². The lowest BCUT2D eigenvalue weighted by Crippen LogP contribution is -2.04. The Labute approximate surface area is 145 Å². The van der Waals surface area contributed by atoms with Crippen LogP contribution in [-0.2, 0) is 22.4 Å². The van der Waals surface area contributed by atoms with E-state index < -0.39 is 0 Å². The number of esters is 1. The molecule has 0 aliphatic heterocycles. The molecule has 1 aliphatic rings. The molecule has 1 heterocycles. The van der Waals surface area contributed by atoms with Gasteiger partial charge < -0.3 is 4.74 Å². The summed E-state index contributed by atoms with van der Waals surface area (Å²) in [5.41, 5.74) is 2.86. The number of ether oxygens (including phenoxy) is 1. The topological polar surface area (TPSA) is 56.3 Å². The molecule has 1 fully saturated rings. The second-order valence-electron chi connectivity index (χ2n) is 6.38. The van der Waals surface area contributed by atoms with E-state index in [0.29, 0.717) is 18.9 Å². The van der Waals surface area contributed by atoms with E-state index in [1.54, 1.807) is 11.3 Å². The lowest BCUT2D eigenvalue weighted by molar-refractivity contribution is -0.140. The summed E-state index contributed by atoms with van der Waals surface area (Å²) in [7, 11) is 0. The number of benzene rings is 1. The molecule has 1 aromatic heterocycles. The van der Waals surface area contributed by atoms with Gasteiger partial charge in [0.25, 0.3) is 0 Å². The van der Waals surface area contributed by atoms with E-state index in [1.165, 1.54) is 6.92 Å². The van der Waals surface area contributed by atoms with Crippen LogP contribution in [0.25, 0.3) is 0 Å². The van der Waals surface area contributed by atoms with Crippen LogP contribution in [0.5, 0.6) is 0 Å². The molecule has 126 valence electrons. The summed E-state index contributed by atoms with van der Waals surface area (Å²) in [5, 5.41) is 3.01. The third-order valence-electron chi connectivity index (χ3n) is 4.28. The third kappa shape index (κ3) is 4.29. The summed E-state index contributed by atoms with van der Waals surface area (Å²) in [6, 6.07) is 7.88. The van der Waals surface area contributed by atoms with Crippen LogP contribution in [0.15, 0.2) is 29.6 Å². The Kier molecular flexibility index (Phi) is 5.09. The molecule has 24 heavy (non-hydrogen) atoms. The lowest BCUT2D eigenvalue weighted by atomic mass is 10.0. The second kappa shape index (κ2) is 7.26. The number of carbonyl (C=O) groups excluding carboxylic acids is 2. The molecule has 3 rings (SSSR count). The summed E-state index contributed by atoms with van der Waals surface area (Å²) in [5.74, 6) is 0.746. The Morgan fingerprint density at radius 1 is 1.38 bits per heavy atom. The Bertz CT molecular complexity index is 753. The van der Waals surface area contributed by atoms with E-state index in [2.05, 4.69) is 11.9 Å². The summed E-state index contributed by atoms with van der Waals surface area (Å²) in [6.45, 7) is 3.89. The van der Waals surface area contributed by atoms with Gasteiger partial charge in [0.1, 0.15) is 0 Å². The minimum atomic E-state index is -0.267. The van der Waals surface area contributed by atoms with Gasteiger partial charge in [-0.1, -0.05) is 25.1 Å². The quantitative estimate of drug-likeness (QED) is 0.568. The number of hydrogen-bond acceptors (Lipinski definition) is 5. The molecular weight excluding hydrogens is 322 g/mol. The van der Waals surface area contributed by atoms with Crippen molar-refractivity contribution in [1.82, 2.24) is 4.98 Å². The van der Waals surface area contributed by atoms with Crippen LogP contribution in [0.4, 0.5) is 0 Å². The Morgan fingerprint density at radius 3 is 2.88 bits per heavy atom. The maximum absolute atomic E-state index is 12.3. The zero-order valence-electron chi connectivity index (χ0n) is 14.0. The number of Topliss-reactive ketones (excluding diaryl/α,β-unsaturated/α-hetero) is 1. The molecule has 2 unspecified atom stereocenters. The molecule has 0 spiro atoms. The van der Waals surface area contributed by atoms with E-state index in [-0.39, 0.29) is 17.7 Å². The Morgan fingerprint density at radius 2 is 2.17 bits per heavy atom. The van der Waals surface area contributed by atoms with Crippen LogP contribution >= 0.6 is 11.3 Å². The monoisotopic (exact) mass is 343 g/mol. The van der Waals surface area contributed by atoms with Crippen molar-refractivity contribution in [3.05, 3.63) is 51.5 Å². The Hall–Kier alpha value is -2.01. The molecule has 5 heteroatoms. The molecule has 4 nitrogen and oxygen atoms in total. The predicted octanol–water partition coefficient (Wildman–Crippen LogP) is 3.68. The predicted molar refractivity (Wildman–Crippen MR) is 93.3 cm³/mol. The molecule has 0 radical (unpaired) electrons. The molecule has 1 aromatic carbocycles. The van der Waals surface area contributed by atoms with Crippen LogP contribution in [-0.4, -0.2) is 23.3 Å². The smallest absolute Gasteiger partial charge is 0.302 e. The standard InChI is InChI=1S/C19H21NO3S/c1-12-8-17(12)19(22)15-5-3-4-14(9-15)10-18-20-16(11-24-18)6-7-23-13(2)21/h3-5,9,11-12,17H,6-8,10H2,1-2H3. The molecule has 0 bridgehead atoms. The number of thiazole rings is 1. The minimum Gasteiger partial charge on any atom is -0.465 e. The zero-order valence-corrected chi connectivity index (χ0v) is 14.8. The van der Waals surface area contributed by atoms with Crippen molar-refractivity contribution in [2.75, 3.05) is 6.61 Å². The number of ketones is 1. The average Bonchev–Trinajstić information content (AvgIpc) is 3.11. The highest BCUT2D eigenvalue weighted by Gasteiger charge is 2.39. The molecule has 0 saturated heterocycles. The minimum absolute atomic E-state index is 0.216. The normalized spacial score (nSPS) is 19.1. The van der Waals surface area contributed by atoms with Crippen molar-refractivity contribution in [3.63, 3.8) is 0 Å². The molecule has 1 aliphatic carbocycles. The van der Waals surface area contributed by atoms with E-state index in [1.807, 2.05) is 29.6 Å². The van der Waals surface area contributed by atoms with Crippen LogP contribution in [0, 0.1) is 11.8 Å². The van der Waals surface area contributed by atoms with Crippen LogP contribution in [0.3, 0.4) is 0 Å². The van der Waals surface area contributed by atoms with E-state index in [4.69, 9.17) is 4.74 Å². The van der Waals surface area contributed by atoms with Gasteiger partial charge in [-0.25, -0.2) is 4.98 Å². The molecule has 0 N–H and O–H groups in total. The van der Waals surface area contributed by atoms with Crippen molar-refractivity contribution < 1.29 is 14.3 Å². The van der Waals surface area contributed by atoms with Crippen molar-refractivity contribution >= 4 is 23.1 Å². The number of hydrogen-bond donors (Lipinski definition) is 0. The maximum atomic E-state index is 12.3. The summed E-state index contributed by atoms with van der Waals surface area (Å²) in [4.78, 5) is 27.7. The molecule has 2 aromatic rings. The molecule has 2 atom stereocenters. The summed E-state index contributed by atoms with van der Waals surface area (Å²) < 4.78 is 4.94. The fourth-order valence-electron chi connectivity index (χ4n) is 2.75. The van der Waals surface area contributed by atoms with Crippen molar-refractivity contribution in [2.45, 2.75) is 33.1 Å². The lowest BCUT2D eigenvalue weighted by Gasteiger charge is -2.03. The molecule has 0 amide bonds. The third-order valence-corrected chi connectivity index (χ3v) is 5.17. The van der Waals surface area contributed by atoms with Crippen molar-refractivity contribution in [1.29, 1.82) is 0 Å². The number of aromatic nitrogens is 1. The highest BCUT2D eigenvalue weighted by atomic mass is 32.1. The van der Waals surface area contributed by atoms with Crippen molar-refractivity contribution in [3.8, 4) is 0 Å². The maximum Gasteiger partial charge on any atom is 0.302 e. The fraction of sp³-hybridized carbons (Fsp3) is 0.421. The largest absolute Gasteiger partial charge is 0.465 e. The van der Waals surface area contributed by atoms with Gasteiger partial charge in [0, 0.05) is 36.6 Å². The highest BCUT2D eigenvalue weighted by molar-refractivity contribution is 7.09. The van der Waals surface area contributed by atoms with E-state index >= 15 is 0 Å². The molecular formula is C19H21NO3S. The van der Waals surface area contributed by atoms with Gasteiger partial charge >= 0.3 is 5.97 Å². The molecule has 1 saturated carbocycles. The first-order valence-corrected chi connectivity index (χ1v) is 9.10. The van der Waals surface area contributed by atoms with Crippen molar-refractivity contribution in [2.24, 2.45) is 11.8 Å². The summed E-state index contributed by atoms with van der Waals surface area (Å²) in [6.07, 6.45) is 2.37. The van der Waals surface area contributed by atoms with Gasteiger partial charge in [0.15, 0.2) is 5.78 Å². The second-order valence-corrected chi connectivity index (χ2v) is 7.33. The first-order chi connectivity index (χ1) is 11.5. The average molecular weight is 343 g/mol. The van der Waals surface area contributed by atoms with Gasteiger partial charge in [-0.3, -0.25) is 9.59 Å². The van der Waals surface area contributed by atoms with Gasteiger partial charge in [0.05, 0.1) is 17.3 Å². The number of carbonyl (C=O) groups is 2.